The molecule has 21 heavy (non-hydrogen) atoms. The molecule has 2 rings (SSSR count). The molecule has 0 fully saturated rings. The molecule has 0 spiro atoms. The van der Waals surface area contributed by atoms with Crippen molar-refractivity contribution in [2.45, 2.75) is 68.2 Å². The summed E-state index contributed by atoms with van der Waals surface area (Å²) in [5.41, 5.74) is 0.583. The minimum Gasteiger partial charge on any atom is -0.0683 e. The largest absolute Gasteiger partial charge is 0.0683 e. The average molecular weight is 289 g/mol. The molecule has 0 saturated heterocycles. The van der Waals surface area contributed by atoms with E-state index in [-0.39, 0.29) is 0 Å². The van der Waals surface area contributed by atoms with Crippen LogP contribution in [0.1, 0.15) is 68.2 Å². The molecule has 0 aliphatic heterocycles. The van der Waals surface area contributed by atoms with E-state index in [1.165, 1.54) is 23.6 Å². The zero-order chi connectivity index (χ0) is 16.7. The molecule has 0 atom stereocenters. The van der Waals surface area contributed by atoms with Crippen LogP contribution in [0.25, 0.3) is 10.8 Å². The third-order valence-electron chi connectivity index (χ3n) is 3.57. The summed E-state index contributed by atoms with van der Waals surface area (Å²) < 4.78 is 0. The van der Waals surface area contributed by atoms with Gasteiger partial charge in [0.15, 0.2) is 0 Å². The summed E-state index contributed by atoms with van der Waals surface area (Å²) in [6.45, 7) is 17.1. The van der Waals surface area contributed by atoms with E-state index in [2.05, 4.69) is 76.2 Å². The number of benzene rings is 2. The standard InChI is InChI=1S/C10H8.C7H16.2C2H6/c1-2-6-10-8-4-3-7-9(10)5-1;1-5-7(3,4)6-2;2*1-2/h1-8H;5-6H2,1-4H3;2*1-2H3. The lowest BCUT2D eigenvalue weighted by atomic mass is 9.88. The molecule has 0 bridgehead atoms. The summed E-state index contributed by atoms with van der Waals surface area (Å²) in [6, 6.07) is 16.7. The zero-order valence-electron chi connectivity index (χ0n) is 15.5. The van der Waals surface area contributed by atoms with Crippen LogP contribution in [-0.2, 0) is 0 Å². The molecule has 0 amide bonds. The van der Waals surface area contributed by atoms with Crippen molar-refractivity contribution in [1.29, 1.82) is 0 Å². The van der Waals surface area contributed by atoms with E-state index in [4.69, 9.17) is 0 Å². The molecular formula is C21H36. The van der Waals surface area contributed by atoms with Crippen LogP contribution in [-0.4, -0.2) is 0 Å². The molecule has 0 aromatic heterocycles. The first kappa shape index (κ1) is 22.0. The Morgan fingerprint density at radius 1 is 0.619 bits per heavy atom. The van der Waals surface area contributed by atoms with Gasteiger partial charge in [0.05, 0.1) is 0 Å². The Morgan fingerprint density at radius 3 is 1.00 bits per heavy atom. The number of fused-ring (bicyclic) bond motifs is 1. The second kappa shape index (κ2) is 13.7. The monoisotopic (exact) mass is 288 g/mol. The Morgan fingerprint density at radius 2 is 0.857 bits per heavy atom. The minimum absolute atomic E-state index is 0.583. The highest BCUT2D eigenvalue weighted by atomic mass is 14.1. The molecule has 0 heteroatoms. The smallest absolute Gasteiger partial charge is 0.0184 e. The van der Waals surface area contributed by atoms with Crippen molar-refractivity contribution in [2.75, 3.05) is 0 Å². The topological polar surface area (TPSA) is 0 Å². The van der Waals surface area contributed by atoms with Crippen LogP contribution >= 0.6 is 0 Å². The van der Waals surface area contributed by atoms with Crippen molar-refractivity contribution in [3.63, 3.8) is 0 Å². The van der Waals surface area contributed by atoms with Crippen LogP contribution in [0.2, 0.25) is 0 Å². The Hall–Kier alpha value is -1.30. The molecule has 2 aromatic carbocycles. The first-order chi connectivity index (χ1) is 10.1. The second-order valence-corrected chi connectivity index (χ2v) is 5.22. The van der Waals surface area contributed by atoms with Gasteiger partial charge in [-0.2, -0.15) is 0 Å². The molecular weight excluding hydrogens is 252 g/mol. The summed E-state index contributed by atoms with van der Waals surface area (Å²) in [5, 5.41) is 2.62. The van der Waals surface area contributed by atoms with Gasteiger partial charge in [0.25, 0.3) is 0 Å². The third-order valence-corrected chi connectivity index (χ3v) is 3.57. The van der Waals surface area contributed by atoms with E-state index < -0.39 is 0 Å². The molecule has 0 N–H and O–H groups in total. The quantitative estimate of drug-likeness (QED) is 0.530. The lowest BCUT2D eigenvalue weighted by Crippen LogP contribution is -2.05. The minimum atomic E-state index is 0.583. The van der Waals surface area contributed by atoms with Gasteiger partial charge in [0, 0.05) is 0 Å². The maximum Gasteiger partial charge on any atom is -0.0184 e. The van der Waals surface area contributed by atoms with Crippen molar-refractivity contribution in [3.05, 3.63) is 48.5 Å². The van der Waals surface area contributed by atoms with Gasteiger partial charge in [0.1, 0.15) is 0 Å². The van der Waals surface area contributed by atoms with Gasteiger partial charge >= 0.3 is 0 Å². The molecule has 0 saturated carbocycles. The predicted molar refractivity (Wildman–Crippen MR) is 101 cm³/mol. The van der Waals surface area contributed by atoms with Crippen LogP contribution in [0.3, 0.4) is 0 Å². The summed E-state index contributed by atoms with van der Waals surface area (Å²) in [5.74, 6) is 0. The van der Waals surface area contributed by atoms with E-state index in [9.17, 15) is 0 Å². The zero-order valence-corrected chi connectivity index (χ0v) is 15.5. The van der Waals surface area contributed by atoms with E-state index in [1.807, 2.05) is 27.7 Å². The Balaban J connectivity index is 0. The lowest BCUT2D eigenvalue weighted by Gasteiger charge is -2.18. The SMILES string of the molecule is CC.CC.CCC(C)(C)CC.c1ccc2ccccc2c1. The first-order valence-electron chi connectivity index (χ1n) is 8.53. The summed E-state index contributed by atoms with van der Waals surface area (Å²) in [7, 11) is 0. The van der Waals surface area contributed by atoms with Crippen LogP contribution in [0.15, 0.2) is 48.5 Å². The fraction of sp³-hybridized carbons (Fsp3) is 0.524. The average Bonchev–Trinajstić information content (AvgIpc) is 2.59. The molecule has 0 aliphatic rings. The number of rotatable bonds is 2. The van der Waals surface area contributed by atoms with E-state index in [0.717, 1.165) is 0 Å². The Labute approximate surface area is 133 Å². The highest BCUT2D eigenvalue weighted by Crippen LogP contribution is 2.22. The van der Waals surface area contributed by atoms with Gasteiger partial charge in [-0.05, 0) is 16.2 Å². The van der Waals surface area contributed by atoms with Crippen molar-refractivity contribution in [2.24, 2.45) is 5.41 Å². The van der Waals surface area contributed by atoms with Crippen molar-refractivity contribution >= 4 is 10.8 Å². The Kier molecular flexibility index (Phi) is 14.3. The van der Waals surface area contributed by atoms with Gasteiger partial charge in [0.2, 0.25) is 0 Å². The predicted octanol–water partition coefficient (Wildman–Crippen LogP) is 7.72. The van der Waals surface area contributed by atoms with E-state index in [1.54, 1.807) is 0 Å². The summed E-state index contributed by atoms with van der Waals surface area (Å²) in [6.07, 6.45) is 2.59. The highest BCUT2D eigenvalue weighted by molar-refractivity contribution is 5.81. The second-order valence-electron chi connectivity index (χ2n) is 5.22. The fourth-order valence-corrected chi connectivity index (χ4v) is 1.38. The maximum atomic E-state index is 2.30. The van der Waals surface area contributed by atoms with Gasteiger partial charge in [-0.15, -0.1) is 0 Å². The molecule has 0 unspecified atom stereocenters. The number of hydrogen-bond donors (Lipinski definition) is 0. The Bertz CT molecular complexity index is 369. The molecule has 0 aliphatic carbocycles. The van der Waals surface area contributed by atoms with Crippen molar-refractivity contribution in [1.82, 2.24) is 0 Å². The van der Waals surface area contributed by atoms with Crippen LogP contribution in [0.4, 0.5) is 0 Å². The maximum absolute atomic E-state index is 2.30. The van der Waals surface area contributed by atoms with Gasteiger partial charge in [-0.1, -0.05) is 117 Å². The van der Waals surface area contributed by atoms with Crippen LogP contribution < -0.4 is 0 Å². The highest BCUT2D eigenvalue weighted by Gasteiger charge is 2.09. The molecule has 0 nitrogen and oxygen atoms in total. The van der Waals surface area contributed by atoms with Gasteiger partial charge < -0.3 is 0 Å². The molecule has 120 valence electrons. The van der Waals surface area contributed by atoms with Crippen molar-refractivity contribution in [3.8, 4) is 0 Å². The lowest BCUT2D eigenvalue weighted by molar-refractivity contribution is 0.338. The van der Waals surface area contributed by atoms with Gasteiger partial charge in [-0.25, -0.2) is 0 Å². The van der Waals surface area contributed by atoms with E-state index in [0.29, 0.717) is 5.41 Å². The molecule has 0 radical (unpaired) electrons. The fourth-order valence-electron chi connectivity index (χ4n) is 1.38. The van der Waals surface area contributed by atoms with Crippen LogP contribution in [0, 0.1) is 5.41 Å². The van der Waals surface area contributed by atoms with Crippen molar-refractivity contribution < 1.29 is 0 Å². The summed E-state index contributed by atoms with van der Waals surface area (Å²) in [4.78, 5) is 0. The third kappa shape index (κ3) is 10.1. The van der Waals surface area contributed by atoms with Gasteiger partial charge in [-0.3, -0.25) is 0 Å². The van der Waals surface area contributed by atoms with E-state index >= 15 is 0 Å². The molecule has 2 aromatic rings. The molecule has 0 heterocycles. The van der Waals surface area contributed by atoms with Crippen LogP contribution in [0.5, 0.6) is 0 Å². The number of hydrogen-bond acceptors (Lipinski definition) is 0. The normalized spacial score (nSPS) is 9.33. The summed E-state index contributed by atoms with van der Waals surface area (Å²) >= 11 is 0. The first-order valence-corrected chi connectivity index (χ1v) is 8.53.